The standard InChI is InChI=1S/C22H24N2O4/c1-15-7-6-10-19(16(15)2)23-20(25)14-28-22(27)18-11-21(26)24(13-18)12-17-8-4-3-5-9-17/h3-10,18H,11-14H2,1-2H3,(H,23,25)/t18-/m1/s1. The molecule has 0 aliphatic carbocycles. The molecule has 3 rings (SSSR count). The Hall–Kier alpha value is -3.15. The molecule has 28 heavy (non-hydrogen) atoms. The third kappa shape index (κ3) is 4.76. The number of carbonyl (C=O) groups excluding carboxylic acids is 3. The average molecular weight is 380 g/mol. The van der Waals surface area contributed by atoms with Crippen molar-refractivity contribution in [1.82, 2.24) is 4.90 Å². The highest BCUT2D eigenvalue weighted by molar-refractivity contribution is 5.94. The number of nitrogens with zero attached hydrogens (tertiary/aromatic N) is 1. The first-order valence-corrected chi connectivity index (χ1v) is 9.28. The fraction of sp³-hybridized carbons (Fsp3) is 0.318. The number of nitrogens with one attached hydrogen (secondary N) is 1. The van der Waals surface area contributed by atoms with E-state index in [0.717, 1.165) is 16.7 Å². The summed E-state index contributed by atoms with van der Waals surface area (Å²) in [5.41, 5.74) is 3.75. The minimum atomic E-state index is -0.537. The Balaban J connectivity index is 1.49. The molecule has 146 valence electrons. The monoisotopic (exact) mass is 380 g/mol. The van der Waals surface area contributed by atoms with Crippen LogP contribution in [0.2, 0.25) is 0 Å². The van der Waals surface area contributed by atoms with Gasteiger partial charge < -0.3 is 15.0 Å². The second-order valence-electron chi connectivity index (χ2n) is 7.06. The summed E-state index contributed by atoms with van der Waals surface area (Å²) in [5.74, 6) is -1.53. The van der Waals surface area contributed by atoms with Crippen LogP contribution >= 0.6 is 0 Å². The van der Waals surface area contributed by atoms with E-state index in [4.69, 9.17) is 4.74 Å². The van der Waals surface area contributed by atoms with Crippen LogP contribution in [0.3, 0.4) is 0 Å². The number of likely N-dealkylation sites (tertiary alicyclic amines) is 1. The Morgan fingerprint density at radius 1 is 1.11 bits per heavy atom. The van der Waals surface area contributed by atoms with Gasteiger partial charge in [0.15, 0.2) is 6.61 Å². The van der Waals surface area contributed by atoms with E-state index in [-0.39, 0.29) is 18.9 Å². The maximum absolute atomic E-state index is 12.3. The summed E-state index contributed by atoms with van der Waals surface area (Å²) >= 11 is 0. The number of hydrogen-bond acceptors (Lipinski definition) is 4. The van der Waals surface area contributed by atoms with E-state index < -0.39 is 17.8 Å². The van der Waals surface area contributed by atoms with Gasteiger partial charge in [0.05, 0.1) is 5.92 Å². The van der Waals surface area contributed by atoms with Crippen molar-refractivity contribution in [3.8, 4) is 0 Å². The molecule has 0 saturated carbocycles. The Morgan fingerprint density at radius 2 is 1.86 bits per heavy atom. The van der Waals surface area contributed by atoms with Gasteiger partial charge in [-0.15, -0.1) is 0 Å². The van der Waals surface area contributed by atoms with E-state index in [0.29, 0.717) is 18.8 Å². The van der Waals surface area contributed by atoms with E-state index in [1.165, 1.54) is 0 Å². The molecule has 0 aromatic heterocycles. The van der Waals surface area contributed by atoms with Crippen molar-refractivity contribution in [3.63, 3.8) is 0 Å². The number of ether oxygens (including phenoxy) is 1. The lowest BCUT2D eigenvalue weighted by molar-refractivity contribution is -0.151. The second kappa shape index (κ2) is 8.69. The minimum absolute atomic E-state index is 0.0781. The van der Waals surface area contributed by atoms with Gasteiger partial charge in [0.2, 0.25) is 5.91 Å². The maximum atomic E-state index is 12.3. The Bertz CT molecular complexity index is 879. The number of hydrogen-bond donors (Lipinski definition) is 1. The molecule has 1 N–H and O–H groups in total. The Morgan fingerprint density at radius 3 is 2.61 bits per heavy atom. The summed E-state index contributed by atoms with van der Waals surface area (Å²) in [7, 11) is 0. The largest absolute Gasteiger partial charge is 0.455 e. The highest BCUT2D eigenvalue weighted by atomic mass is 16.5. The van der Waals surface area contributed by atoms with Crippen molar-refractivity contribution in [2.24, 2.45) is 5.92 Å². The van der Waals surface area contributed by atoms with E-state index in [2.05, 4.69) is 5.32 Å². The first-order chi connectivity index (χ1) is 13.4. The lowest BCUT2D eigenvalue weighted by Crippen LogP contribution is -2.28. The fourth-order valence-corrected chi connectivity index (χ4v) is 3.21. The molecular formula is C22H24N2O4. The van der Waals surface area contributed by atoms with Crippen LogP contribution in [0.5, 0.6) is 0 Å². The van der Waals surface area contributed by atoms with Crippen LogP contribution in [-0.4, -0.2) is 35.8 Å². The maximum Gasteiger partial charge on any atom is 0.311 e. The summed E-state index contributed by atoms with van der Waals surface area (Å²) in [6.07, 6.45) is 0.115. The van der Waals surface area contributed by atoms with Crippen LogP contribution in [-0.2, 0) is 25.7 Å². The van der Waals surface area contributed by atoms with Crippen LogP contribution in [0.4, 0.5) is 5.69 Å². The summed E-state index contributed by atoms with van der Waals surface area (Å²) < 4.78 is 5.15. The Kier molecular flexibility index (Phi) is 6.09. The van der Waals surface area contributed by atoms with Crippen molar-refractivity contribution >= 4 is 23.5 Å². The molecule has 0 unspecified atom stereocenters. The van der Waals surface area contributed by atoms with Crippen molar-refractivity contribution in [3.05, 3.63) is 65.2 Å². The molecule has 0 spiro atoms. The first-order valence-electron chi connectivity index (χ1n) is 9.28. The normalized spacial score (nSPS) is 16.1. The fourth-order valence-electron chi connectivity index (χ4n) is 3.21. The van der Waals surface area contributed by atoms with Gasteiger partial charge in [0.1, 0.15) is 0 Å². The Labute approximate surface area is 164 Å². The van der Waals surface area contributed by atoms with Crippen molar-refractivity contribution < 1.29 is 19.1 Å². The van der Waals surface area contributed by atoms with E-state index >= 15 is 0 Å². The highest BCUT2D eigenvalue weighted by Gasteiger charge is 2.35. The molecule has 1 aliphatic rings. The van der Waals surface area contributed by atoms with Gasteiger partial charge in [-0.05, 0) is 36.6 Å². The molecule has 1 atom stereocenters. The first kappa shape index (κ1) is 19.6. The van der Waals surface area contributed by atoms with E-state index in [9.17, 15) is 14.4 Å². The smallest absolute Gasteiger partial charge is 0.311 e. The van der Waals surface area contributed by atoms with Gasteiger partial charge in [-0.25, -0.2) is 0 Å². The third-order valence-electron chi connectivity index (χ3n) is 4.99. The van der Waals surface area contributed by atoms with Gasteiger partial charge in [0, 0.05) is 25.2 Å². The lowest BCUT2D eigenvalue weighted by atomic mass is 10.1. The summed E-state index contributed by atoms with van der Waals surface area (Å²) in [4.78, 5) is 38.2. The quantitative estimate of drug-likeness (QED) is 0.782. The highest BCUT2D eigenvalue weighted by Crippen LogP contribution is 2.22. The summed E-state index contributed by atoms with van der Waals surface area (Å²) in [5, 5.41) is 2.75. The molecule has 6 heteroatoms. The van der Waals surface area contributed by atoms with Crippen LogP contribution in [0, 0.1) is 19.8 Å². The number of esters is 1. The zero-order valence-corrected chi connectivity index (χ0v) is 16.1. The van der Waals surface area contributed by atoms with E-state index in [1.54, 1.807) is 11.0 Å². The number of aryl methyl sites for hydroxylation is 1. The minimum Gasteiger partial charge on any atom is -0.455 e. The van der Waals surface area contributed by atoms with Gasteiger partial charge in [0.25, 0.3) is 5.91 Å². The van der Waals surface area contributed by atoms with Crippen LogP contribution in [0.1, 0.15) is 23.1 Å². The molecule has 1 aliphatic heterocycles. The topological polar surface area (TPSA) is 75.7 Å². The predicted octanol–water partition coefficient (Wildman–Crippen LogP) is 2.83. The molecule has 0 bridgehead atoms. The van der Waals surface area contributed by atoms with Gasteiger partial charge in [-0.3, -0.25) is 14.4 Å². The van der Waals surface area contributed by atoms with Crippen LogP contribution < -0.4 is 5.32 Å². The van der Waals surface area contributed by atoms with Crippen LogP contribution in [0.25, 0.3) is 0 Å². The summed E-state index contributed by atoms with van der Waals surface area (Å²) in [6.45, 7) is 4.29. The molecular weight excluding hydrogens is 356 g/mol. The van der Waals surface area contributed by atoms with Crippen molar-refractivity contribution in [1.29, 1.82) is 0 Å². The van der Waals surface area contributed by atoms with Gasteiger partial charge in [-0.2, -0.15) is 0 Å². The number of rotatable bonds is 6. The molecule has 1 saturated heterocycles. The molecule has 2 aromatic carbocycles. The molecule has 1 fully saturated rings. The zero-order valence-electron chi connectivity index (χ0n) is 16.1. The van der Waals surface area contributed by atoms with Crippen molar-refractivity contribution in [2.75, 3.05) is 18.5 Å². The number of amides is 2. The SMILES string of the molecule is Cc1cccc(NC(=O)COC(=O)[C@@H]2CC(=O)N(Cc3ccccc3)C2)c1C. The molecule has 0 radical (unpaired) electrons. The molecule has 6 nitrogen and oxygen atoms in total. The third-order valence-corrected chi connectivity index (χ3v) is 4.99. The number of anilines is 1. The lowest BCUT2D eigenvalue weighted by Gasteiger charge is -2.16. The molecule has 1 heterocycles. The zero-order chi connectivity index (χ0) is 20.1. The predicted molar refractivity (Wildman–Crippen MR) is 105 cm³/mol. The average Bonchev–Trinajstić information content (AvgIpc) is 3.05. The second-order valence-corrected chi connectivity index (χ2v) is 7.06. The molecule has 2 amide bonds. The van der Waals surface area contributed by atoms with Crippen LogP contribution in [0.15, 0.2) is 48.5 Å². The molecule has 2 aromatic rings. The van der Waals surface area contributed by atoms with Crippen molar-refractivity contribution in [2.45, 2.75) is 26.8 Å². The number of carbonyl (C=O) groups is 3. The van der Waals surface area contributed by atoms with Gasteiger partial charge in [-0.1, -0.05) is 42.5 Å². The summed E-state index contributed by atoms with van der Waals surface area (Å²) in [6, 6.07) is 15.2. The number of benzene rings is 2. The van der Waals surface area contributed by atoms with E-state index in [1.807, 2.05) is 56.3 Å². The van der Waals surface area contributed by atoms with Gasteiger partial charge >= 0.3 is 5.97 Å².